The minimum Gasteiger partial charge on any atom is -0.0950 e. The molecule has 0 radical (unpaired) electrons. The van der Waals surface area contributed by atoms with E-state index in [0.29, 0.717) is 0 Å². The second-order valence-electron chi connectivity index (χ2n) is 5.84. The summed E-state index contributed by atoms with van der Waals surface area (Å²) in [4.78, 5) is 0. The molecule has 0 atom stereocenters. The highest BCUT2D eigenvalue weighted by molar-refractivity contribution is 6.81. The van der Waals surface area contributed by atoms with E-state index >= 15 is 0 Å². The Morgan fingerprint density at radius 3 is 1.00 bits per heavy atom. The van der Waals surface area contributed by atoms with Crippen LogP contribution < -0.4 is 0 Å². The van der Waals surface area contributed by atoms with Crippen molar-refractivity contribution in [3.8, 4) is 0 Å². The van der Waals surface area contributed by atoms with E-state index < -0.39 is 16.1 Å². The fraction of sp³-hybridized carbons (Fsp3) is 0.500. The van der Waals surface area contributed by atoms with Crippen molar-refractivity contribution in [2.45, 2.75) is 39.3 Å². The molecule has 0 bridgehead atoms. The maximum Gasteiger partial charge on any atom is 0.0687 e. The van der Waals surface area contributed by atoms with Crippen molar-refractivity contribution < 1.29 is 0 Å². The van der Waals surface area contributed by atoms with E-state index in [1.807, 2.05) is 0 Å². The highest BCUT2D eigenvalue weighted by Crippen LogP contribution is 2.03. The first-order valence-corrected chi connectivity index (χ1v) is 12.4. The Kier molecular flexibility index (Phi) is 5.38. The van der Waals surface area contributed by atoms with Crippen molar-refractivity contribution in [3.63, 3.8) is 0 Å². The number of allylic oxidation sites excluding steroid dienone is 4. The van der Waals surface area contributed by atoms with Gasteiger partial charge in [0.2, 0.25) is 0 Å². The Morgan fingerprint density at radius 2 is 0.786 bits per heavy atom. The van der Waals surface area contributed by atoms with Crippen LogP contribution in [0.15, 0.2) is 35.7 Å². The molecule has 2 heteroatoms. The Morgan fingerprint density at radius 1 is 0.500 bits per heavy atom. The zero-order valence-electron chi connectivity index (χ0n) is 10.5. The summed E-state index contributed by atoms with van der Waals surface area (Å²) in [7, 11) is -2.00. The summed E-state index contributed by atoms with van der Waals surface area (Å²) in [6.07, 6.45) is 8.63. The molecule has 0 aliphatic carbocycles. The van der Waals surface area contributed by atoms with Gasteiger partial charge < -0.3 is 0 Å². The molecule has 80 valence electrons. The lowest BCUT2D eigenvalue weighted by molar-refractivity contribution is 1.74. The molecule has 0 nitrogen and oxygen atoms in total. The van der Waals surface area contributed by atoms with Crippen molar-refractivity contribution in [2.75, 3.05) is 0 Å². The zero-order chi connectivity index (χ0) is 11.2. The predicted octanol–water partition coefficient (Wildman–Crippen LogP) is 4.41. The van der Waals surface area contributed by atoms with Crippen molar-refractivity contribution in [3.05, 3.63) is 35.7 Å². The molecule has 0 aliphatic heterocycles. The third-order valence-corrected chi connectivity index (χ3v) is 3.91. The molecule has 0 N–H and O–H groups in total. The molecule has 0 aliphatic rings. The van der Waals surface area contributed by atoms with E-state index in [2.05, 4.69) is 75.0 Å². The maximum atomic E-state index is 2.35. The second-order valence-corrected chi connectivity index (χ2v) is 16.0. The summed E-state index contributed by atoms with van der Waals surface area (Å²) in [5.41, 5.74) is 4.71. The van der Waals surface area contributed by atoms with Gasteiger partial charge in [-0.05, 0) is 0 Å². The van der Waals surface area contributed by atoms with E-state index in [-0.39, 0.29) is 0 Å². The molecule has 0 saturated carbocycles. The third-order valence-electron chi connectivity index (χ3n) is 1.53. The molecule has 0 fully saturated rings. The zero-order valence-corrected chi connectivity index (χ0v) is 12.5. The molecule has 0 aromatic carbocycles. The normalized spacial score (nSPS) is 15.0. The standard InChI is InChI=1S/C12H24Si2/c1-13(2,3)11-9-7-8-10-12-14(4,5)6/h7-12H,1-6H3. The molecule has 0 unspecified atom stereocenters. The largest absolute Gasteiger partial charge is 0.0950 e. The molecule has 0 aromatic heterocycles. The lowest BCUT2D eigenvalue weighted by Crippen LogP contribution is -2.15. The third kappa shape index (κ3) is 11.7. The van der Waals surface area contributed by atoms with E-state index in [0.717, 1.165) is 0 Å². The summed E-state index contributed by atoms with van der Waals surface area (Å²) in [6, 6.07) is 0. The molecule has 0 saturated heterocycles. The van der Waals surface area contributed by atoms with Gasteiger partial charge in [-0.3, -0.25) is 0 Å². The highest BCUT2D eigenvalue weighted by Gasteiger charge is 2.06. The van der Waals surface area contributed by atoms with Gasteiger partial charge in [0.25, 0.3) is 0 Å². The predicted molar refractivity (Wildman–Crippen MR) is 74.1 cm³/mol. The van der Waals surface area contributed by atoms with Gasteiger partial charge in [0.15, 0.2) is 0 Å². The van der Waals surface area contributed by atoms with Crippen LogP contribution in [-0.2, 0) is 0 Å². The maximum absolute atomic E-state index is 2.35. The lowest BCUT2D eigenvalue weighted by Gasteiger charge is -2.07. The van der Waals surface area contributed by atoms with Crippen LogP contribution in [0.25, 0.3) is 0 Å². The summed E-state index contributed by atoms with van der Waals surface area (Å²) >= 11 is 0. The summed E-state index contributed by atoms with van der Waals surface area (Å²) in [5, 5.41) is 0. The van der Waals surface area contributed by atoms with Gasteiger partial charge >= 0.3 is 0 Å². The highest BCUT2D eigenvalue weighted by atomic mass is 28.3. The summed E-state index contributed by atoms with van der Waals surface area (Å²) in [5.74, 6) is 0. The van der Waals surface area contributed by atoms with Crippen LogP contribution >= 0.6 is 0 Å². The summed E-state index contributed by atoms with van der Waals surface area (Å²) < 4.78 is 0. The number of rotatable bonds is 4. The van der Waals surface area contributed by atoms with Crippen molar-refractivity contribution in [1.29, 1.82) is 0 Å². The van der Waals surface area contributed by atoms with Crippen LogP contribution in [0.5, 0.6) is 0 Å². The lowest BCUT2D eigenvalue weighted by atomic mass is 10.5. The van der Waals surface area contributed by atoms with Gasteiger partial charge in [-0.15, -0.1) is 0 Å². The van der Waals surface area contributed by atoms with Crippen LogP contribution in [0.2, 0.25) is 39.3 Å². The molecule has 0 amide bonds. The average Bonchev–Trinajstić information content (AvgIpc) is 1.92. The molecule has 0 aromatic rings. The average molecular weight is 224 g/mol. The van der Waals surface area contributed by atoms with Gasteiger partial charge in [-0.25, -0.2) is 0 Å². The van der Waals surface area contributed by atoms with Gasteiger partial charge in [0.05, 0.1) is 16.1 Å². The molecule has 0 spiro atoms. The van der Waals surface area contributed by atoms with Crippen molar-refractivity contribution >= 4 is 16.1 Å². The molecule has 0 rings (SSSR count). The van der Waals surface area contributed by atoms with Crippen molar-refractivity contribution in [1.82, 2.24) is 0 Å². The van der Waals surface area contributed by atoms with Crippen LogP contribution in [0.4, 0.5) is 0 Å². The van der Waals surface area contributed by atoms with Crippen molar-refractivity contribution in [2.24, 2.45) is 0 Å². The van der Waals surface area contributed by atoms with Crippen LogP contribution in [0, 0.1) is 0 Å². The van der Waals surface area contributed by atoms with Gasteiger partial charge in [-0.2, -0.15) is 0 Å². The first kappa shape index (κ1) is 13.7. The Balaban J connectivity index is 3.99. The van der Waals surface area contributed by atoms with Crippen LogP contribution in [0.1, 0.15) is 0 Å². The first-order valence-electron chi connectivity index (χ1n) is 5.24. The Labute approximate surface area is 91.4 Å². The molecular formula is C12H24Si2. The Hall–Kier alpha value is -0.346. The molecule has 14 heavy (non-hydrogen) atoms. The second kappa shape index (κ2) is 5.51. The minimum absolute atomic E-state index is 1.00. The van der Waals surface area contributed by atoms with Gasteiger partial charge in [0, 0.05) is 0 Å². The summed E-state index contributed by atoms with van der Waals surface area (Å²) in [6.45, 7) is 14.1. The fourth-order valence-corrected chi connectivity index (χ4v) is 2.19. The van der Waals surface area contributed by atoms with Gasteiger partial charge in [-0.1, -0.05) is 75.0 Å². The fourth-order valence-electron chi connectivity index (χ4n) is 0.817. The molecule has 0 heterocycles. The topological polar surface area (TPSA) is 0 Å². The van der Waals surface area contributed by atoms with Crippen LogP contribution in [0.3, 0.4) is 0 Å². The SMILES string of the molecule is C[Si](C)(C)C=CC=CC=C[Si](C)(C)C. The van der Waals surface area contributed by atoms with Crippen LogP contribution in [-0.4, -0.2) is 16.1 Å². The van der Waals surface area contributed by atoms with E-state index in [1.54, 1.807) is 0 Å². The first-order chi connectivity index (χ1) is 6.21. The van der Waals surface area contributed by atoms with E-state index in [1.165, 1.54) is 0 Å². The molecular weight excluding hydrogens is 200 g/mol. The smallest absolute Gasteiger partial charge is 0.0687 e. The van der Waals surface area contributed by atoms with E-state index in [9.17, 15) is 0 Å². The minimum atomic E-state index is -1.00. The Bertz CT molecular complexity index is 208. The number of hydrogen-bond donors (Lipinski definition) is 0. The van der Waals surface area contributed by atoms with Gasteiger partial charge in [0.1, 0.15) is 0 Å². The van der Waals surface area contributed by atoms with E-state index in [4.69, 9.17) is 0 Å². The monoisotopic (exact) mass is 224 g/mol. The quantitative estimate of drug-likeness (QED) is 0.490. The number of hydrogen-bond acceptors (Lipinski definition) is 0.